The zero-order chi connectivity index (χ0) is 44.0. The van der Waals surface area contributed by atoms with Gasteiger partial charge in [0.1, 0.15) is 5.91 Å². The number of aliphatic hydroxyl groups excluding tert-OH is 1. The topological polar surface area (TPSA) is 193 Å². The van der Waals surface area contributed by atoms with Crippen molar-refractivity contribution >= 4 is 68.4 Å². The number of rotatable bonds is 9. The zero-order valence-electron chi connectivity index (χ0n) is 35.2. The molecule has 0 bridgehead atoms. The van der Waals surface area contributed by atoms with Crippen molar-refractivity contribution in [2.24, 2.45) is 33.7 Å². The molecule has 1 amide bonds. The molecule has 3 aromatic carbocycles. The largest absolute Gasteiger partial charge is 0.493 e. The number of esters is 1. The van der Waals surface area contributed by atoms with E-state index in [1.54, 1.807) is 23.1 Å². The quantitative estimate of drug-likeness (QED) is 0.0486. The van der Waals surface area contributed by atoms with E-state index >= 15 is 0 Å². The minimum atomic E-state index is -3.61. The molecule has 4 aromatic rings. The van der Waals surface area contributed by atoms with Gasteiger partial charge in [-0.1, -0.05) is 93.3 Å². The molecule has 0 spiro atoms. The van der Waals surface area contributed by atoms with Crippen LogP contribution in [0, 0.1) is 30.2 Å². The number of amides is 1. The van der Waals surface area contributed by atoms with Crippen molar-refractivity contribution in [1.29, 1.82) is 0 Å². The molecule has 7 rings (SSSR count). The number of carboxylic acids is 1. The van der Waals surface area contributed by atoms with Crippen molar-refractivity contribution in [2.75, 3.05) is 22.4 Å². The van der Waals surface area contributed by atoms with E-state index in [1.165, 1.54) is 12.1 Å². The van der Waals surface area contributed by atoms with Crippen molar-refractivity contribution in [3.63, 3.8) is 0 Å². The Bertz CT molecular complexity index is 2600. The smallest absolute Gasteiger partial charge is 0.315 e. The third-order valence-electron chi connectivity index (χ3n) is 10.6. The molecule has 2 aliphatic heterocycles. The van der Waals surface area contributed by atoms with E-state index in [0.717, 1.165) is 26.0 Å². The normalized spacial score (nSPS) is 20.7. The van der Waals surface area contributed by atoms with Crippen LogP contribution < -0.4 is 14.6 Å². The second kappa shape index (κ2) is 20.1. The van der Waals surface area contributed by atoms with Gasteiger partial charge >= 0.3 is 5.97 Å². The van der Waals surface area contributed by atoms with Gasteiger partial charge in [-0.25, -0.2) is 18.3 Å². The molecular formula is C46H47N6O8SZn-. The van der Waals surface area contributed by atoms with Crippen LogP contribution in [0.25, 0.3) is 27.6 Å². The first-order valence-electron chi connectivity index (χ1n) is 19.9. The van der Waals surface area contributed by atoms with E-state index < -0.39 is 33.8 Å². The van der Waals surface area contributed by atoms with Gasteiger partial charge in [-0.05, 0) is 90.2 Å². The van der Waals surface area contributed by atoms with Crippen LogP contribution in [-0.4, -0.2) is 61.0 Å². The number of aliphatic imine (C=N–C) groups is 2. The first-order chi connectivity index (χ1) is 29.0. The molecule has 2 atom stereocenters. The molecule has 0 radical (unpaired) electrons. The number of hydrogen-bond acceptors (Lipinski definition) is 8. The fourth-order valence-electron chi connectivity index (χ4n) is 8.31. The number of nitrogens with zero attached hydrogens (tertiary/aromatic N) is 5. The number of sulfonamides is 1. The maximum Gasteiger partial charge on any atom is 0.315 e. The standard InChI is InChI=1S/C44H43N6O6S.C2H4O2.Zn/c1-26-22-27(2)36(28(3)23-26)44(53)56-40-38(30-16-10-7-11-17-30)34(46-41(40)48-43(52)31-18-12-19-32(24-31)49-57(5,54)55)25-33-37(29-14-8-6-9-15-29)39(45-4)42(47-33)50-21-13-20-35(50)51;1-2(3)4;/h6-12,14-19,24-28,36,49H,13,20-23H2,1-3,5H3,(H-,46,47,48,52);1H3,(H,3,4);/q-1;;. The Kier molecular flexibility index (Phi) is 15.2. The number of anilines is 2. The van der Waals surface area contributed by atoms with Crippen molar-refractivity contribution in [1.82, 2.24) is 4.98 Å². The van der Waals surface area contributed by atoms with Crippen LogP contribution >= 0.6 is 0 Å². The van der Waals surface area contributed by atoms with E-state index in [2.05, 4.69) is 35.3 Å². The number of benzene rings is 3. The van der Waals surface area contributed by atoms with Crippen molar-refractivity contribution in [2.45, 2.75) is 53.4 Å². The second-order valence-corrected chi connectivity index (χ2v) is 17.3. The molecule has 3 heterocycles. The molecule has 1 saturated carbocycles. The summed E-state index contributed by atoms with van der Waals surface area (Å²) in [6, 6.07) is 24.7. The first-order valence-corrected chi connectivity index (χ1v) is 21.8. The summed E-state index contributed by atoms with van der Waals surface area (Å²) in [6.45, 7) is 16.1. The van der Waals surface area contributed by atoms with Crippen LogP contribution in [0.3, 0.4) is 0 Å². The number of aliphatic hydroxyl groups is 1. The second-order valence-electron chi connectivity index (χ2n) is 15.6. The third kappa shape index (κ3) is 11.0. The molecule has 318 valence electrons. The number of amidine groups is 1. The van der Waals surface area contributed by atoms with Gasteiger partial charge < -0.3 is 24.8 Å². The average molecular weight is 909 g/mol. The summed E-state index contributed by atoms with van der Waals surface area (Å²) < 4.78 is 32.8. The molecule has 3 N–H and O–H groups in total. The van der Waals surface area contributed by atoms with E-state index in [1.807, 2.05) is 60.7 Å². The van der Waals surface area contributed by atoms with Gasteiger partial charge in [-0.15, -0.1) is 0 Å². The fourth-order valence-corrected chi connectivity index (χ4v) is 8.86. The van der Waals surface area contributed by atoms with Crippen molar-refractivity contribution in [3.8, 4) is 11.1 Å². The number of allylic oxidation sites excluding steroid dienone is 1. The molecule has 2 fully saturated rings. The van der Waals surface area contributed by atoms with Gasteiger partial charge in [0.25, 0.3) is 5.97 Å². The number of carbonyl (C=O) groups is 3. The first kappa shape index (κ1) is 46.9. The van der Waals surface area contributed by atoms with Crippen LogP contribution in [0.4, 0.5) is 17.2 Å². The summed E-state index contributed by atoms with van der Waals surface area (Å²) in [7, 11) is -3.61. The maximum atomic E-state index is 14.3. The Morgan fingerprint density at radius 2 is 1.60 bits per heavy atom. The Morgan fingerprint density at radius 3 is 2.16 bits per heavy atom. The number of carboxylic acid groups (broad SMARTS) is 1. The molecule has 2 unspecified atom stereocenters. The molecule has 1 aliphatic carbocycles. The van der Waals surface area contributed by atoms with E-state index in [9.17, 15) is 23.1 Å². The van der Waals surface area contributed by atoms with Gasteiger partial charge in [-0.2, -0.15) is 4.99 Å². The summed E-state index contributed by atoms with van der Waals surface area (Å²) in [5.41, 5.74) is 3.59. The van der Waals surface area contributed by atoms with Crippen LogP contribution in [0.5, 0.6) is 0 Å². The molecular weight excluding hydrogens is 862 g/mol. The van der Waals surface area contributed by atoms with Gasteiger partial charge in [-0.3, -0.25) is 19.1 Å². The number of hydrogen-bond donors (Lipinski definition) is 3. The number of ether oxygens (including phenoxy) is 1. The van der Waals surface area contributed by atoms with E-state index in [0.29, 0.717) is 59.0 Å². The van der Waals surface area contributed by atoms with Gasteiger partial charge in [0.15, 0.2) is 11.4 Å². The minimum absolute atomic E-state index is 0. The molecule has 62 heavy (non-hydrogen) atoms. The predicted molar refractivity (Wildman–Crippen MR) is 236 cm³/mol. The van der Waals surface area contributed by atoms with E-state index in [-0.39, 0.29) is 71.6 Å². The number of aliphatic carboxylic acids is 1. The number of aromatic nitrogens is 1. The molecule has 14 nitrogen and oxygen atoms in total. The average Bonchev–Trinajstić information content (AvgIpc) is 3.88. The summed E-state index contributed by atoms with van der Waals surface area (Å²) in [5, 5.41) is 18.9. The zero-order valence-corrected chi connectivity index (χ0v) is 39.0. The maximum absolute atomic E-state index is 14.3. The summed E-state index contributed by atoms with van der Waals surface area (Å²) in [6.07, 6.45) is 5.46. The summed E-state index contributed by atoms with van der Waals surface area (Å²) in [5.74, 6) is -1.51. The van der Waals surface area contributed by atoms with Gasteiger partial charge in [0, 0.05) is 44.1 Å². The van der Waals surface area contributed by atoms with Crippen molar-refractivity contribution in [3.05, 3.63) is 125 Å². The number of nitrogens with one attached hydrogen (secondary N) is 1. The summed E-state index contributed by atoms with van der Waals surface area (Å²) in [4.78, 5) is 56.1. The number of carbonyl (C=O) groups excluding carboxylic acids is 2. The monoisotopic (exact) mass is 907 g/mol. The van der Waals surface area contributed by atoms with Gasteiger partial charge in [0.05, 0.1) is 30.0 Å². The van der Waals surface area contributed by atoms with Crippen molar-refractivity contribution < 1.29 is 57.2 Å². The Labute approximate surface area is 374 Å². The summed E-state index contributed by atoms with van der Waals surface area (Å²) >= 11 is 0. The molecule has 16 heteroatoms. The molecule has 1 saturated heterocycles. The molecule has 1 aromatic heterocycles. The Hall–Kier alpha value is -6.17. The van der Waals surface area contributed by atoms with Crippen LogP contribution in [0.15, 0.2) is 106 Å². The Balaban J connectivity index is 0.00000139. The Morgan fingerprint density at radius 1 is 0.984 bits per heavy atom. The van der Waals surface area contributed by atoms with E-state index in [4.69, 9.17) is 31.2 Å². The predicted octanol–water partition coefficient (Wildman–Crippen LogP) is 8.48. The third-order valence-corrected chi connectivity index (χ3v) is 11.2. The van der Waals surface area contributed by atoms with Gasteiger partial charge in [0.2, 0.25) is 21.8 Å². The molecule has 3 aliphatic rings. The van der Waals surface area contributed by atoms with Crippen LogP contribution in [-0.2, 0) is 48.6 Å². The van der Waals surface area contributed by atoms with Crippen LogP contribution in [0.2, 0.25) is 0 Å². The van der Waals surface area contributed by atoms with Crippen LogP contribution in [0.1, 0.15) is 70.2 Å². The minimum Gasteiger partial charge on any atom is -0.493 e. The fraction of sp³-hybridized carbons (Fsp3) is 0.304. The SMILES string of the molecule is CC(=O)O.[C-]#[N+]c1c(N2CCCC2=O)[n-]c(/C=C2\N=C(N=C(O)c3cccc(NS(C)(=O)=O)c3)C(OC(=O)C3C(C)CC(C)CC3C)=C2c2ccccc2)c1-c1ccccc1.[Zn].